The first-order valence-electron chi connectivity index (χ1n) is 7.02. The number of hydrogen-bond acceptors (Lipinski definition) is 3. The van der Waals surface area contributed by atoms with Crippen LogP contribution in [0.2, 0.25) is 0 Å². The van der Waals surface area contributed by atoms with E-state index in [2.05, 4.69) is 10.6 Å². The molecule has 1 amide bonds. The lowest BCUT2D eigenvalue weighted by molar-refractivity contribution is -0.115. The van der Waals surface area contributed by atoms with E-state index in [0.717, 1.165) is 10.6 Å². The normalized spacial score (nSPS) is 12.0. The number of halogens is 1. The van der Waals surface area contributed by atoms with Gasteiger partial charge in [-0.1, -0.05) is 18.2 Å². The van der Waals surface area contributed by atoms with Crippen LogP contribution in [0.3, 0.4) is 0 Å². The van der Waals surface area contributed by atoms with Crippen LogP contribution in [0.15, 0.2) is 53.4 Å². The highest BCUT2D eigenvalue weighted by Crippen LogP contribution is 2.18. The molecule has 1 unspecified atom stereocenters. The van der Waals surface area contributed by atoms with Crippen molar-refractivity contribution < 1.29 is 9.18 Å². The van der Waals surface area contributed by atoms with Gasteiger partial charge in [0.15, 0.2) is 0 Å². The Morgan fingerprint density at radius 1 is 1.18 bits per heavy atom. The van der Waals surface area contributed by atoms with Crippen LogP contribution in [0, 0.1) is 5.82 Å². The van der Waals surface area contributed by atoms with Crippen molar-refractivity contribution in [3.63, 3.8) is 0 Å². The first-order chi connectivity index (χ1) is 10.6. The van der Waals surface area contributed by atoms with Crippen molar-refractivity contribution in [1.29, 1.82) is 0 Å². The van der Waals surface area contributed by atoms with E-state index in [1.54, 1.807) is 30.0 Å². The molecule has 5 heteroatoms. The predicted octanol–water partition coefficient (Wildman–Crippen LogP) is 3.84. The van der Waals surface area contributed by atoms with Gasteiger partial charge in [0.2, 0.25) is 5.91 Å². The molecule has 0 bridgehead atoms. The highest BCUT2D eigenvalue weighted by molar-refractivity contribution is 7.98. The zero-order chi connectivity index (χ0) is 15.9. The Labute approximate surface area is 134 Å². The number of nitrogens with one attached hydrogen (secondary N) is 2. The van der Waals surface area contributed by atoms with Gasteiger partial charge in [-0.05, 0) is 43.5 Å². The fourth-order valence-electron chi connectivity index (χ4n) is 2.06. The largest absolute Gasteiger partial charge is 0.325 e. The molecule has 116 valence electrons. The van der Waals surface area contributed by atoms with Crippen LogP contribution in [0.25, 0.3) is 0 Å². The lowest BCUT2D eigenvalue weighted by Crippen LogP contribution is -2.30. The number of benzene rings is 2. The molecule has 0 spiro atoms. The van der Waals surface area contributed by atoms with E-state index in [9.17, 15) is 9.18 Å². The second-order valence-electron chi connectivity index (χ2n) is 4.90. The molecule has 0 saturated heterocycles. The lowest BCUT2D eigenvalue weighted by atomic mass is 10.1. The topological polar surface area (TPSA) is 41.1 Å². The summed E-state index contributed by atoms with van der Waals surface area (Å²) in [7, 11) is 0. The highest BCUT2D eigenvalue weighted by Gasteiger charge is 2.11. The van der Waals surface area contributed by atoms with Crippen LogP contribution in [-0.2, 0) is 4.79 Å². The summed E-state index contributed by atoms with van der Waals surface area (Å²) in [6.45, 7) is 1.96. The van der Waals surface area contributed by atoms with Gasteiger partial charge in [0.25, 0.3) is 0 Å². The number of hydrogen-bond donors (Lipinski definition) is 2. The minimum atomic E-state index is -0.268. The summed E-state index contributed by atoms with van der Waals surface area (Å²) in [6.07, 6.45) is 2.00. The average Bonchev–Trinajstić information content (AvgIpc) is 2.54. The first-order valence-corrected chi connectivity index (χ1v) is 8.24. The van der Waals surface area contributed by atoms with Gasteiger partial charge in [-0.25, -0.2) is 4.39 Å². The van der Waals surface area contributed by atoms with Gasteiger partial charge in [0, 0.05) is 22.2 Å². The second-order valence-corrected chi connectivity index (χ2v) is 5.78. The second kappa shape index (κ2) is 7.96. The molecule has 3 nitrogen and oxygen atoms in total. The molecule has 2 N–H and O–H groups in total. The Morgan fingerprint density at radius 2 is 1.86 bits per heavy atom. The summed E-state index contributed by atoms with van der Waals surface area (Å²) in [5.74, 6) is -0.421. The summed E-state index contributed by atoms with van der Waals surface area (Å²) < 4.78 is 13.6. The quantitative estimate of drug-likeness (QED) is 0.795. The maximum absolute atomic E-state index is 13.6. The number of thioether (sulfide) groups is 1. The van der Waals surface area contributed by atoms with E-state index < -0.39 is 0 Å². The maximum atomic E-state index is 13.6. The zero-order valence-electron chi connectivity index (χ0n) is 12.6. The van der Waals surface area contributed by atoms with Crippen molar-refractivity contribution in [2.24, 2.45) is 0 Å². The third kappa shape index (κ3) is 4.58. The summed E-state index contributed by atoms with van der Waals surface area (Å²) in [4.78, 5) is 13.1. The van der Waals surface area contributed by atoms with Crippen LogP contribution in [-0.4, -0.2) is 18.7 Å². The molecule has 2 aromatic rings. The lowest BCUT2D eigenvalue weighted by Gasteiger charge is -2.15. The number of amides is 1. The van der Waals surface area contributed by atoms with E-state index in [1.165, 1.54) is 6.07 Å². The smallest absolute Gasteiger partial charge is 0.238 e. The van der Waals surface area contributed by atoms with Crippen molar-refractivity contribution in [2.75, 3.05) is 18.1 Å². The maximum Gasteiger partial charge on any atom is 0.238 e. The van der Waals surface area contributed by atoms with Crippen LogP contribution < -0.4 is 10.6 Å². The van der Waals surface area contributed by atoms with Crippen molar-refractivity contribution in [1.82, 2.24) is 5.32 Å². The van der Waals surface area contributed by atoms with Crippen molar-refractivity contribution in [3.8, 4) is 0 Å². The van der Waals surface area contributed by atoms with Crippen molar-refractivity contribution >= 4 is 23.4 Å². The standard InChI is InChI=1S/C17H19FN2OS/c1-12(15-5-3-4-6-16(15)18)19-11-17(21)20-13-7-9-14(22-2)10-8-13/h3-10,12,19H,11H2,1-2H3,(H,20,21). The third-order valence-electron chi connectivity index (χ3n) is 3.31. The molecular weight excluding hydrogens is 299 g/mol. The van der Waals surface area contributed by atoms with E-state index in [4.69, 9.17) is 0 Å². The van der Waals surface area contributed by atoms with Crippen molar-refractivity contribution in [3.05, 3.63) is 59.9 Å². The molecule has 0 aliphatic heterocycles. The fourth-order valence-corrected chi connectivity index (χ4v) is 2.47. The van der Waals surface area contributed by atoms with E-state index in [1.807, 2.05) is 37.4 Å². The molecule has 0 saturated carbocycles. The monoisotopic (exact) mass is 318 g/mol. The van der Waals surface area contributed by atoms with Gasteiger partial charge in [0.1, 0.15) is 5.82 Å². The van der Waals surface area contributed by atoms with E-state index in [0.29, 0.717) is 5.56 Å². The summed E-state index contributed by atoms with van der Waals surface area (Å²) in [5.41, 5.74) is 1.31. The summed E-state index contributed by atoms with van der Waals surface area (Å²) in [6, 6.07) is 14.0. The Morgan fingerprint density at radius 3 is 2.50 bits per heavy atom. The van der Waals surface area contributed by atoms with Gasteiger partial charge in [-0.2, -0.15) is 0 Å². The number of carbonyl (C=O) groups is 1. The molecule has 22 heavy (non-hydrogen) atoms. The van der Waals surface area contributed by atoms with Crippen LogP contribution in [0.5, 0.6) is 0 Å². The molecule has 0 aliphatic carbocycles. The predicted molar refractivity (Wildman–Crippen MR) is 89.7 cm³/mol. The van der Waals surface area contributed by atoms with Gasteiger partial charge >= 0.3 is 0 Å². The molecule has 2 aromatic carbocycles. The average molecular weight is 318 g/mol. The third-order valence-corrected chi connectivity index (χ3v) is 4.06. The molecule has 0 heterocycles. The van der Waals surface area contributed by atoms with Gasteiger partial charge < -0.3 is 10.6 Å². The number of anilines is 1. The van der Waals surface area contributed by atoms with Crippen LogP contribution in [0.1, 0.15) is 18.5 Å². The Kier molecular flexibility index (Phi) is 5.98. The molecule has 1 atom stereocenters. The van der Waals surface area contributed by atoms with E-state index in [-0.39, 0.29) is 24.3 Å². The Balaban J connectivity index is 1.85. The molecule has 0 aromatic heterocycles. The SMILES string of the molecule is CSc1ccc(NC(=O)CNC(C)c2ccccc2F)cc1. The van der Waals surface area contributed by atoms with Gasteiger partial charge in [-0.15, -0.1) is 11.8 Å². The Hall–Kier alpha value is -1.85. The number of rotatable bonds is 6. The first kappa shape index (κ1) is 16.5. The summed E-state index contributed by atoms with van der Waals surface area (Å²) >= 11 is 1.65. The molecule has 0 radical (unpaired) electrons. The minimum absolute atomic E-state index is 0.125. The number of carbonyl (C=O) groups excluding carboxylic acids is 1. The molecule has 0 aliphatic rings. The molecular formula is C17H19FN2OS. The Bertz CT molecular complexity index is 631. The fraction of sp³-hybridized carbons (Fsp3) is 0.235. The molecule has 0 fully saturated rings. The van der Waals surface area contributed by atoms with E-state index >= 15 is 0 Å². The van der Waals surface area contributed by atoms with Gasteiger partial charge in [0.05, 0.1) is 6.54 Å². The zero-order valence-corrected chi connectivity index (χ0v) is 13.4. The summed E-state index contributed by atoms with van der Waals surface area (Å²) in [5, 5.41) is 5.84. The van der Waals surface area contributed by atoms with Crippen LogP contribution in [0.4, 0.5) is 10.1 Å². The molecule has 2 rings (SSSR count). The van der Waals surface area contributed by atoms with Crippen LogP contribution >= 0.6 is 11.8 Å². The minimum Gasteiger partial charge on any atom is -0.325 e. The van der Waals surface area contributed by atoms with Gasteiger partial charge in [-0.3, -0.25) is 4.79 Å². The van der Waals surface area contributed by atoms with Crippen molar-refractivity contribution in [2.45, 2.75) is 17.9 Å². The highest BCUT2D eigenvalue weighted by atomic mass is 32.2.